The topological polar surface area (TPSA) is 75.6 Å². The molecule has 0 aromatic rings. The van der Waals surface area contributed by atoms with E-state index in [1.54, 1.807) is 0 Å². The van der Waals surface area contributed by atoms with Gasteiger partial charge in [0.1, 0.15) is 6.54 Å². The summed E-state index contributed by atoms with van der Waals surface area (Å²) in [5.41, 5.74) is 0. The second kappa shape index (κ2) is 14.2. The third-order valence-corrected chi connectivity index (χ3v) is 3.11. The van der Waals surface area contributed by atoms with Gasteiger partial charge in [-0.1, -0.05) is 64.7 Å². The highest BCUT2D eigenvalue weighted by molar-refractivity contribution is 5.76. The Bertz CT molecular complexity index is 256. The molecule has 0 rings (SSSR count). The van der Waals surface area contributed by atoms with Crippen LogP contribution in [0.4, 0.5) is 4.79 Å². The predicted octanol–water partition coefficient (Wildman–Crippen LogP) is 3.72. The molecular formula is C15H29NO4. The fourth-order valence-electron chi connectivity index (χ4n) is 1.95. The first-order chi connectivity index (χ1) is 9.66. The number of alkyl carbamates (subject to hydrolysis) is 1. The zero-order valence-corrected chi connectivity index (χ0v) is 12.7. The second-order valence-electron chi connectivity index (χ2n) is 5.07. The lowest BCUT2D eigenvalue weighted by Crippen LogP contribution is -2.30. The number of ether oxygens (including phenoxy) is 1. The van der Waals surface area contributed by atoms with Crippen LogP contribution >= 0.6 is 0 Å². The van der Waals surface area contributed by atoms with Crippen molar-refractivity contribution in [3.8, 4) is 0 Å². The molecule has 5 heteroatoms. The smallest absolute Gasteiger partial charge is 0.407 e. The van der Waals surface area contributed by atoms with Gasteiger partial charge in [-0.15, -0.1) is 0 Å². The maximum atomic E-state index is 11.0. The lowest BCUT2D eigenvalue weighted by molar-refractivity contribution is -0.135. The molecule has 0 fully saturated rings. The Labute approximate surface area is 122 Å². The van der Waals surface area contributed by atoms with E-state index in [1.807, 2.05) is 0 Å². The summed E-state index contributed by atoms with van der Waals surface area (Å²) in [7, 11) is 0. The Morgan fingerprint density at radius 2 is 1.40 bits per heavy atom. The molecule has 5 nitrogen and oxygen atoms in total. The van der Waals surface area contributed by atoms with Crippen LogP contribution in [0.25, 0.3) is 0 Å². The van der Waals surface area contributed by atoms with E-state index in [-0.39, 0.29) is 0 Å². The van der Waals surface area contributed by atoms with Gasteiger partial charge in [-0.05, 0) is 6.42 Å². The van der Waals surface area contributed by atoms with Crippen LogP contribution in [-0.2, 0) is 9.53 Å². The van der Waals surface area contributed by atoms with Crippen molar-refractivity contribution >= 4 is 12.1 Å². The molecule has 1 amide bonds. The molecule has 0 heterocycles. The maximum absolute atomic E-state index is 11.0. The molecule has 0 aromatic carbocycles. The van der Waals surface area contributed by atoms with Crippen molar-refractivity contribution in [2.24, 2.45) is 0 Å². The number of hydrogen-bond acceptors (Lipinski definition) is 3. The van der Waals surface area contributed by atoms with Gasteiger partial charge in [-0.25, -0.2) is 4.79 Å². The Morgan fingerprint density at radius 3 is 1.90 bits per heavy atom. The highest BCUT2D eigenvalue weighted by Crippen LogP contribution is 2.10. The number of aliphatic carboxylic acids is 1. The largest absolute Gasteiger partial charge is 0.480 e. The summed E-state index contributed by atoms with van der Waals surface area (Å²) in [4.78, 5) is 21.2. The molecule has 0 aliphatic carbocycles. The predicted molar refractivity (Wildman–Crippen MR) is 78.8 cm³/mol. The molecule has 118 valence electrons. The number of carboxylic acids is 1. The summed E-state index contributed by atoms with van der Waals surface area (Å²) in [6.45, 7) is 2.20. The number of hydrogen-bond donors (Lipinski definition) is 2. The maximum Gasteiger partial charge on any atom is 0.407 e. The monoisotopic (exact) mass is 287 g/mol. The number of nitrogens with one attached hydrogen (secondary N) is 1. The highest BCUT2D eigenvalue weighted by Gasteiger charge is 2.03. The average Bonchev–Trinajstić information content (AvgIpc) is 2.42. The van der Waals surface area contributed by atoms with Crippen molar-refractivity contribution in [1.82, 2.24) is 5.32 Å². The summed E-state index contributed by atoms with van der Waals surface area (Å²) < 4.78 is 4.85. The van der Waals surface area contributed by atoms with Gasteiger partial charge < -0.3 is 15.2 Å². The van der Waals surface area contributed by atoms with Crippen LogP contribution in [0.3, 0.4) is 0 Å². The van der Waals surface area contributed by atoms with E-state index in [4.69, 9.17) is 9.84 Å². The van der Waals surface area contributed by atoms with Crippen molar-refractivity contribution in [3.05, 3.63) is 0 Å². The molecular weight excluding hydrogens is 258 g/mol. The van der Waals surface area contributed by atoms with Crippen LogP contribution < -0.4 is 5.32 Å². The van der Waals surface area contributed by atoms with Gasteiger partial charge >= 0.3 is 12.1 Å². The summed E-state index contributed by atoms with van der Waals surface area (Å²) in [5, 5.41) is 10.5. The van der Waals surface area contributed by atoms with E-state index in [1.165, 1.54) is 51.4 Å². The number of unbranched alkanes of at least 4 members (excludes halogenated alkanes) is 9. The molecule has 0 aliphatic heterocycles. The Hall–Kier alpha value is -1.26. The van der Waals surface area contributed by atoms with Crippen LogP contribution in [-0.4, -0.2) is 30.3 Å². The molecule has 0 unspecified atom stereocenters. The van der Waals surface area contributed by atoms with Crippen LogP contribution in [0, 0.1) is 0 Å². The van der Waals surface area contributed by atoms with Crippen molar-refractivity contribution < 1.29 is 19.4 Å². The molecule has 0 aromatic heterocycles. The normalized spacial score (nSPS) is 10.2. The number of rotatable bonds is 13. The third kappa shape index (κ3) is 14.8. The van der Waals surface area contributed by atoms with Crippen molar-refractivity contribution in [1.29, 1.82) is 0 Å². The second-order valence-corrected chi connectivity index (χ2v) is 5.07. The van der Waals surface area contributed by atoms with Gasteiger partial charge in [0.2, 0.25) is 0 Å². The summed E-state index contributed by atoms with van der Waals surface area (Å²) >= 11 is 0. The van der Waals surface area contributed by atoms with Crippen molar-refractivity contribution in [2.75, 3.05) is 13.2 Å². The molecule has 20 heavy (non-hydrogen) atoms. The zero-order valence-electron chi connectivity index (χ0n) is 12.7. The Kier molecular flexibility index (Phi) is 13.3. The Balaban J connectivity index is 3.12. The summed E-state index contributed by atoms with van der Waals surface area (Å²) in [6.07, 6.45) is 11.6. The van der Waals surface area contributed by atoms with E-state index >= 15 is 0 Å². The minimum Gasteiger partial charge on any atom is -0.480 e. The van der Waals surface area contributed by atoms with Gasteiger partial charge in [0.15, 0.2) is 0 Å². The van der Waals surface area contributed by atoms with Crippen LogP contribution in [0.5, 0.6) is 0 Å². The fraction of sp³-hybridized carbons (Fsp3) is 0.867. The van der Waals surface area contributed by atoms with E-state index in [0.29, 0.717) is 6.61 Å². The molecule has 0 saturated heterocycles. The van der Waals surface area contributed by atoms with Crippen molar-refractivity contribution in [2.45, 2.75) is 71.1 Å². The Morgan fingerprint density at radius 1 is 0.900 bits per heavy atom. The first-order valence-electron chi connectivity index (χ1n) is 7.79. The standard InChI is InChI=1S/C15H29NO4/c1-2-3-4-5-6-7-8-9-10-11-12-20-15(19)16-13-14(17)18/h2-13H2,1H3,(H,16,19)(H,17,18). The average molecular weight is 287 g/mol. The SMILES string of the molecule is CCCCCCCCCCCCOC(=O)NCC(=O)O. The van der Waals surface area contributed by atoms with Gasteiger partial charge in [0.05, 0.1) is 6.61 Å². The van der Waals surface area contributed by atoms with Gasteiger partial charge in [0, 0.05) is 0 Å². The van der Waals surface area contributed by atoms with Crippen molar-refractivity contribution in [3.63, 3.8) is 0 Å². The van der Waals surface area contributed by atoms with E-state index in [0.717, 1.165) is 12.8 Å². The van der Waals surface area contributed by atoms with Crippen LogP contribution in [0.2, 0.25) is 0 Å². The number of carbonyl (C=O) groups excluding carboxylic acids is 1. The first kappa shape index (κ1) is 18.7. The summed E-state index contributed by atoms with van der Waals surface area (Å²) in [5.74, 6) is -1.07. The quantitative estimate of drug-likeness (QED) is 0.506. The van der Waals surface area contributed by atoms with Crippen LogP contribution in [0.1, 0.15) is 71.1 Å². The van der Waals surface area contributed by atoms with E-state index in [9.17, 15) is 9.59 Å². The molecule has 0 spiro atoms. The van der Waals surface area contributed by atoms with Gasteiger partial charge in [-0.3, -0.25) is 4.79 Å². The molecule has 0 saturated carbocycles. The zero-order chi connectivity index (χ0) is 15.1. The molecule has 0 radical (unpaired) electrons. The minimum atomic E-state index is -1.07. The van der Waals surface area contributed by atoms with Crippen LogP contribution in [0.15, 0.2) is 0 Å². The van der Waals surface area contributed by atoms with Gasteiger partial charge in [-0.2, -0.15) is 0 Å². The number of amides is 1. The molecule has 0 aliphatic rings. The highest BCUT2D eigenvalue weighted by atomic mass is 16.5. The lowest BCUT2D eigenvalue weighted by Gasteiger charge is -2.05. The fourth-order valence-corrected chi connectivity index (χ4v) is 1.95. The molecule has 0 atom stereocenters. The summed E-state index contributed by atoms with van der Waals surface area (Å²) in [6, 6.07) is 0. The lowest BCUT2D eigenvalue weighted by atomic mass is 10.1. The van der Waals surface area contributed by atoms with E-state index in [2.05, 4.69) is 12.2 Å². The third-order valence-electron chi connectivity index (χ3n) is 3.11. The molecule has 0 bridgehead atoms. The first-order valence-corrected chi connectivity index (χ1v) is 7.79. The number of carboxylic acid groups (broad SMARTS) is 1. The molecule has 2 N–H and O–H groups in total. The van der Waals surface area contributed by atoms with Gasteiger partial charge in [0.25, 0.3) is 0 Å². The van der Waals surface area contributed by atoms with E-state index < -0.39 is 18.6 Å². The minimum absolute atomic E-state index is 0.363. The number of carbonyl (C=O) groups is 2.